The Hall–Kier alpha value is -0.0926. The van der Waals surface area contributed by atoms with Crippen LogP contribution in [0.25, 0.3) is 0 Å². The number of benzene rings is 1. The second-order valence-electron chi connectivity index (χ2n) is 1.43. The zero-order valence-electron chi connectivity index (χ0n) is 5.10. The Morgan fingerprint density at radius 3 is 2.11 bits per heavy atom. The van der Waals surface area contributed by atoms with Crippen LogP contribution in [0.1, 0.15) is 0 Å². The van der Waals surface area contributed by atoms with Gasteiger partial charge in [0, 0.05) is 5.02 Å². The summed E-state index contributed by atoms with van der Waals surface area (Å²) in [6, 6.07) is 6.39. The second-order valence-corrected chi connectivity index (χ2v) is 1.84. The molecule has 0 spiro atoms. The summed E-state index contributed by atoms with van der Waals surface area (Å²) in [5, 5.41) is 10.8. The number of hydrogen-bond donors (Lipinski definition) is 0. The van der Waals surface area contributed by atoms with Crippen molar-refractivity contribution in [1.82, 2.24) is 0 Å². The van der Waals surface area contributed by atoms with E-state index in [4.69, 9.17) is 11.6 Å². The van der Waals surface area contributed by atoms with Crippen LogP contribution >= 0.6 is 11.6 Å². The van der Waals surface area contributed by atoms with Gasteiger partial charge >= 0.3 is 18.9 Å². The van der Waals surface area contributed by atoms with Crippen LogP contribution in [0.3, 0.4) is 0 Å². The number of hydrogen-bond acceptors (Lipinski definition) is 1. The van der Waals surface area contributed by atoms with Gasteiger partial charge in [-0.05, 0) is 6.07 Å². The van der Waals surface area contributed by atoms with Gasteiger partial charge in [-0.25, -0.2) is 0 Å². The van der Waals surface area contributed by atoms with Gasteiger partial charge in [-0.1, -0.05) is 35.5 Å². The molecule has 3 heteroatoms. The Balaban J connectivity index is 0.000000640. The van der Waals surface area contributed by atoms with Crippen molar-refractivity contribution in [2.45, 2.75) is 0 Å². The summed E-state index contributed by atoms with van der Waals surface area (Å²) in [7, 11) is 0. The minimum atomic E-state index is -0.117. The molecule has 0 heterocycles. The average Bonchev–Trinajstić information content (AvgIpc) is 1.77. The van der Waals surface area contributed by atoms with Crippen molar-refractivity contribution in [1.29, 1.82) is 0 Å². The van der Waals surface area contributed by atoms with E-state index in [1.54, 1.807) is 18.2 Å². The van der Waals surface area contributed by atoms with E-state index in [0.29, 0.717) is 0 Å². The Bertz CT molecular complexity index is 169. The summed E-state index contributed by atoms with van der Waals surface area (Å²) in [5.41, 5.74) is 0. The fraction of sp³-hybridized carbons (Fsp3) is 0. The summed E-state index contributed by atoms with van der Waals surface area (Å²) in [5.74, 6) is -0.117. The maximum Gasteiger partial charge on any atom is 1.00 e. The van der Waals surface area contributed by atoms with E-state index in [0.717, 1.165) is 0 Å². The van der Waals surface area contributed by atoms with Gasteiger partial charge in [0.15, 0.2) is 0 Å². The molecule has 0 fully saturated rings. The van der Waals surface area contributed by atoms with Crippen LogP contribution in [0.4, 0.5) is 0 Å². The zero-order chi connectivity index (χ0) is 5.98. The van der Waals surface area contributed by atoms with Gasteiger partial charge in [-0.15, -0.1) is 0 Å². The molecule has 9 heavy (non-hydrogen) atoms. The standard InChI is InChI=1S/C6H5ClO.Li/c7-5-3-1-2-4-6(5)8;/h1-4,8H;/q;+1/p-1. The van der Waals surface area contributed by atoms with E-state index in [1.807, 2.05) is 0 Å². The molecule has 0 bridgehead atoms. The molecule has 1 aromatic rings. The van der Waals surface area contributed by atoms with Gasteiger partial charge < -0.3 is 5.11 Å². The summed E-state index contributed by atoms with van der Waals surface area (Å²) in [4.78, 5) is 0. The van der Waals surface area contributed by atoms with Crippen LogP contribution in [0.15, 0.2) is 24.3 Å². The molecule has 42 valence electrons. The van der Waals surface area contributed by atoms with Gasteiger partial charge in [0.1, 0.15) is 0 Å². The molecule has 0 aromatic heterocycles. The first-order chi connectivity index (χ1) is 3.80. The maximum absolute atomic E-state index is 10.5. The molecule has 0 saturated carbocycles. The van der Waals surface area contributed by atoms with E-state index in [9.17, 15) is 5.11 Å². The normalized spacial score (nSPS) is 8.11. The van der Waals surface area contributed by atoms with E-state index in [2.05, 4.69) is 0 Å². The smallest absolute Gasteiger partial charge is 0.871 e. The SMILES string of the molecule is [Li+].[O-]c1ccccc1Cl. The van der Waals surface area contributed by atoms with Gasteiger partial charge in [0.2, 0.25) is 0 Å². The van der Waals surface area contributed by atoms with Crippen LogP contribution in [-0.4, -0.2) is 0 Å². The van der Waals surface area contributed by atoms with Crippen LogP contribution in [0.2, 0.25) is 5.02 Å². The minimum Gasteiger partial charge on any atom is -0.871 e. The van der Waals surface area contributed by atoms with Gasteiger partial charge in [-0.3, -0.25) is 0 Å². The third-order valence-corrected chi connectivity index (χ3v) is 1.15. The Kier molecular flexibility index (Phi) is 3.80. The third-order valence-electron chi connectivity index (χ3n) is 0.837. The van der Waals surface area contributed by atoms with Crippen molar-refractivity contribution in [3.63, 3.8) is 0 Å². The number of para-hydroxylation sites is 1. The molecule has 0 aliphatic heterocycles. The summed E-state index contributed by atoms with van der Waals surface area (Å²) in [6.07, 6.45) is 0. The molecule has 0 unspecified atom stereocenters. The molecule has 0 N–H and O–H groups in total. The maximum atomic E-state index is 10.5. The molecule has 1 rings (SSSR count). The van der Waals surface area contributed by atoms with Crippen LogP contribution in [0, 0.1) is 0 Å². The van der Waals surface area contributed by atoms with Gasteiger partial charge in [0.25, 0.3) is 0 Å². The molecular formula is C6H4ClLiO. The Labute approximate surface area is 70.8 Å². The Morgan fingerprint density at radius 2 is 1.78 bits per heavy atom. The fourth-order valence-electron chi connectivity index (χ4n) is 0.445. The quantitative estimate of drug-likeness (QED) is 0.393. The first-order valence-corrected chi connectivity index (χ1v) is 2.60. The third kappa shape index (κ3) is 2.32. The zero-order valence-corrected chi connectivity index (χ0v) is 5.85. The number of rotatable bonds is 0. The molecule has 0 amide bonds. The molecule has 0 saturated heterocycles. The summed E-state index contributed by atoms with van der Waals surface area (Å²) in [6.45, 7) is 0. The topological polar surface area (TPSA) is 23.1 Å². The molecule has 1 nitrogen and oxygen atoms in total. The van der Waals surface area contributed by atoms with Crippen LogP contribution < -0.4 is 24.0 Å². The fourth-order valence-corrected chi connectivity index (χ4v) is 0.580. The summed E-state index contributed by atoms with van der Waals surface area (Å²) >= 11 is 5.40. The second kappa shape index (κ2) is 3.84. The van der Waals surface area contributed by atoms with Crippen molar-refractivity contribution in [3.8, 4) is 5.75 Å². The molecule has 0 aliphatic carbocycles. The Morgan fingerprint density at radius 1 is 1.22 bits per heavy atom. The average molecular weight is 134 g/mol. The van der Waals surface area contributed by atoms with Crippen molar-refractivity contribution >= 4 is 11.6 Å². The first-order valence-electron chi connectivity index (χ1n) is 2.22. The molecule has 0 radical (unpaired) electrons. The molecule has 0 aliphatic rings. The van der Waals surface area contributed by atoms with Crippen molar-refractivity contribution < 1.29 is 24.0 Å². The van der Waals surface area contributed by atoms with Crippen LogP contribution in [0.5, 0.6) is 5.75 Å². The van der Waals surface area contributed by atoms with E-state index >= 15 is 0 Å². The van der Waals surface area contributed by atoms with E-state index in [-0.39, 0.29) is 29.6 Å². The monoisotopic (exact) mass is 134 g/mol. The van der Waals surface area contributed by atoms with Crippen LogP contribution in [-0.2, 0) is 0 Å². The predicted molar refractivity (Wildman–Crippen MR) is 30.9 cm³/mol. The van der Waals surface area contributed by atoms with E-state index in [1.165, 1.54) is 6.07 Å². The number of halogens is 1. The molecule has 1 aromatic carbocycles. The van der Waals surface area contributed by atoms with Crippen molar-refractivity contribution in [2.24, 2.45) is 0 Å². The van der Waals surface area contributed by atoms with Crippen molar-refractivity contribution in [2.75, 3.05) is 0 Å². The largest absolute Gasteiger partial charge is 1.00 e. The molecular weight excluding hydrogens is 130 g/mol. The minimum absolute atomic E-state index is 0. The van der Waals surface area contributed by atoms with E-state index < -0.39 is 0 Å². The van der Waals surface area contributed by atoms with Gasteiger partial charge in [0.05, 0.1) is 0 Å². The van der Waals surface area contributed by atoms with Crippen molar-refractivity contribution in [3.05, 3.63) is 29.3 Å². The predicted octanol–water partition coefficient (Wildman–Crippen LogP) is -1.58. The molecule has 0 atom stereocenters. The first kappa shape index (κ1) is 8.91. The summed E-state index contributed by atoms with van der Waals surface area (Å²) < 4.78 is 0. The van der Waals surface area contributed by atoms with Gasteiger partial charge in [-0.2, -0.15) is 0 Å².